The van der Waals surface area contributed by atoms with Gasteiger partial charge in [-0.25, -0.2) is 0 Å². The quantitative estimate of drug-likeness (QED) is 0.585. The molecule has 2 rings (SSSR count). The zero-order chi connectivity index (χ0) is 16.3. The molecule has 2 unspecified atom stereocenters. The minimum absolute atomic E-state index is 0.0291. The Morgan fingerprint density at radius 3 is 2.55 bits per heavy atom. The summed E-state index contributed by atoms with van der Waals surface area (Å²) in [6.07, 6.45) is -0.270. The first-order chi connectivity index (χ1) is 10.4. The molecule has 0 amide bonds. The largest absolute Gasteiger partial charge is 0.432 e. The predicted molar refractivity (Wildman–Crippen MR) is 78.5 cm³/mol. The molecule has 1 aliphatic carbocycles. The number of aliphatic hydroxyl groups excluding tert-OH is 1. The maximum atomic E-state index is 12.8. The van der Waals surface area contributed by atoms with Gasteiger partial charge in [-0.1, -0.05) is 0 Å². The highest BCUT2D eigenvalue weighted by Gasteiger charge is 2.45. The van der Waals surface area contributed by atoms with E-state index in [0.29, 0.717) is 12.5 Å². The highest BCUT2D eigenvalue weighted by molar-refractivity contribution is 5.99. The molecule has 2 fully saturated rings. The van der Waals surface area contributed by atoms with Crippen LogP contribution in [-0.2, 0) is 0 Å². The third-order valence-electron chi connectivity index (χ3n) is 4.39. The maximum absolute atomic E-state index is 12.8. The average Bonchev–Trinajstić information content (AvgIpc) is 3.24. The predicted octanol–water partition coefficient (Wildman–Crippen LogP) is 0.949. The van der Waals surface area contributed by atoms with Crippen molar-refractivity contribution in [2.24, 2.45) is 10.7 Å². The first-order valence-electron chi connectivity index (χ1n) is 7.45. The number of hydrogen-bond acceptors (Lipinski definition) is 5. The van der Waals surface area contributed by atoms with E-state index in [9.17, 15) is 13.2 Å². The fourth-order valence-corrected chi connectivity index (χ4v) is 2.95. The zero-order valence-electron chi connectivity index (χ0n) is 12.6. The summed E-state index contributed by atoms with van der Waals surface area (Å²) in [5, 5.41) is 9.11. The number of nitrogens with two attached hydrogens (primary N) is 1. The summed E-state index contributed by atoms with van der Waals surface area (Å²) in [6.45, 7) is 1.70. The maximum Gasteiger partial charge on any atom is 0.432 e. The van der Waals surface area contributed by atoms with E-state index in [1.54, 1.807) is 0 Å². The lowest BCUT2D eigenvalue weighted by atomic mass is 10.0. The topological polar surface area (TPSA) is 65.1 Å². The van der Waals surface area contributed by atoms with Crippen LogP contribution in [0.15, 0.2) is 17.3 Å². The second kappa shape index (κ2) is 6.97. The number of nitrogens with zero attached hydrogens (tertiary/aromatic N) is 3. The van der Waals surface area contributed by atoms with Crippen LogP contribution in [0.5, 0.6) is 0 Å². The van der Waals surface area contributed by atoms with Gasteiger partial charge in [0.25, 0.3) is 0 Å². The van der Waals surface area contributed by atoms with Gasteiger partial charge in [0, 0.05) is 25.2 Å². The number of aliphatic hydroxyl groups is 1. The van der Waals surface area contributed by atoms with E-state index in [1.165, 1.54) is 0 Å². The van der Waals surface area contributed by atoms with Crippen LogP contribution in [0, 0.1) is 0 Å². The van der Waals surface area contributed by atoms with Crippen molar-refractivity contribution in [2.75, 3.05) is 26.9 Å². The number of allylic oxidation sites excluding steroid dienone is 1. The molecule has 22 heavy (non-hydrogen) atoms. The Hall–Kier alpha value is -1.12. The van der Waals surface area contributed by atoms with Gasteiger partial charge in [0.05, 0.1) is 12.8 Å². The molecule has 1 saturated heterocycles. The van der Waals surface area contributed by atoms with Gasteiger partial charge in [-0.05, 0) is 38.6 Å². The lowest BCUT2D eigenvalue weighted by Crippen LogP contribution is -2.44. The Bertz CT molecular complexity index is 430. The van der Waals surface area contributed by atoms with E-state index in [4.69, 9.17) is 10.8 Å². The zero-order valence-corrected chi connectivity index (χ0v) is 12.6. The van der Waals surface area contributed by atoms with E-state index >= 15 is 0 Å². The molecule has 1 heterocycles. The van der Waals surface area contributed by atoms with Gasteiger partial charge in [-0.2, -0.15) is 13.2 Å². The van der Waals surface area contributed by atoms with E-state index in [1.807, 2.05) is 11.9 Å². The number of likely N-dealkylation sites (tertiary alicyclic amines) is 1. The molecule has 2 aliphatic rings. The summed E-state index contributed by atoms with van der Waals surface area (Å²) in [5.41, 5.74) is 4.15. The van der Waals surface area contributed by atoms with E-state index in [2.05, 4.69) is 9.89 Å². The van der Waals surface area contributed by atoms with Crippen LogP contribution in [0.1, 0.15) is 19.3 Å². The third kappa shape index (κ3) is 4.21. The Morgan fingerprint density at radius 1 is 1.41 bits per heavy atom. The van der Waals surface area contributed by atoms with Crippen molar-refractivity contribution in [3.63, 3.8) is 0 Å². The fourth-order valence-electron chi connectivity index (χ4n) is 2.95. The van der Waals surface area contributed by atoms with Crippen molar-refractivity contribution >= 4 is 5.71 Å². The van der Waals surface area contributed by atoms with Crippen molar-refractivity contribution < 1.29 is 18.3 Å². The summed E-state index contributed by atoms with van der Waals surface area (Å²) < 4.78 is 38.3. The highest BCUT2D eigenvalue weighted by Crippen LogP contribution is 2.35. The lowest BCUT2D eigenvalue weighted by Gasteiger charge is -2.36. The monoisotopic (exact) mass is 320 g/mol. The molecular formula is C14H23F3N4O. The van der Waals surface area contributed by atoms with Crippen LogP contribution in [0.2, 0.25) is 0 Å². The molecule has 1 saturated carbocycles. The smallest absolute Gasteiger partial charge is 0.405 e. The van der Waals surface area contributed by atoms with Crippen molar-refractivity contribution in [3.05, 3.63) is 12.3 Å². The number of hydrogen-bond donors (Lipinski definition) is 2. The van der Waals surface area contributed by atoms with Gasteiger partial charge in [0.2, 0.25) is 0 Å². The third-order valence-corrected chi connectivity index (χ3v) is 4.39. The normalized spacial score (nSPS) is 28.7. The standard InChI is InChI=1S/C14H23F3N4O/c1-20(9-22)10-3-6-21(7-4-10)12-8-11(12)19-13(2-5-18)14(15,16)17/h2,5,10-12,22H,3-4,6-9,18H2,1H3/b5-2-,19-13?. The second-order valence-corrected chi connectivity index (χ2v) is 5.91. The molecular weight excluding hydrogens is 297 g/mol. The number of alkyl halides is 3. The molecule has 126 valence electrons. The Balaban J connectivity index is 1.88. The number of halogens is 3. The molecule has 8 heteroatoms. The van der Waals surface area contributed by atoms with Crippen LogP contribution in [0.4, 0.5) is 13.2 Å². The first-order valence-corrected chi connectivity index (χ1v) is 7.45. The minimum atomic E-state index is -4.46. The molecule has 0 aromatic heterocycles. The Morgan fingerprint density at radius 2 is 2.05 bits per heavy atom. The lowest BCUT2D eigenvalue weighted by molar-refractivity contribution is -0.0579. The summed E-state index contributed by atoms with van der Waals surface area (Å²) >= 11 is 0. The molecule has 2 atom stereocenters. The molecule has 1 aliphatic heterocycles. The number of aliphatic imine (C=N–C) groups is 1. The highest BCUT2D eigenvalue weighted by atomic mass is 19.4. The van der Waals surface area contributed by atoms with Gasteiger partial charge >= 0.3 is 6.18 Å². The van der Waals surface area contributed by atoms with Crippen molar-refractivity contribution in [3.8, 4) is 0 Å². The van der Waals surface area contributed by atoms with Crippen LogP contribution >= 0.6 is 0 Å². The van der Waals surface area contributed by atoms with Crippen molar-refractivity contribution in [2.45, 2.75) is 43.6 Å². The van der Waals surface area contributed by atoms with Gasteiger partial charge in [-0.15, -0.1) is 0 Å². The summed E-state index contributed by atoms with van der Waals surface area (Å²) in [4.78, 5) is 7.91. The fraction of sp³-hybridized carbons (Fsp3) is 0.786. The molecule has 0 aromatic carbocycles. The van der Waals surface area contributed by atoms with Crippen molar-refractivity contribution in [1.82, 2.24) is 9.80 Å². The van der Waals surface area contributed by atoms with Gasteiger partial charge in [0.1, 0.15) is 5.71 Å². The van der Waals surface area contributed by atoms with E-state index in [-0.39, 0.29) is 18.8 Å². The summed E-state index contributed by atoms with van der Waals surface area (Å²) in [6, 6.07) is 0.150. The molecule has 5 nitrogen and oxygen atoms in total. The van der Waals surface area contributed by atoms with Crippen LogP contribution < -0.4 is 5.73 Å². The van der Waals surface area contributed by atoms with E-state index < -0.39 is 11.9 Å². The second-order valence-electron chi connectivity index (χ2n) is 5.91. The first kappa shape index (κ1) is 17.2. The molecule has 0 aromatic rings. The minimum Gasteiger partial charge on any atom is -0.405 e. The van der Waals surface area contributed by atoms with E-state index in [0.717, 1.165) is 38.2 Å². The molecule has 0 bridgehead atoms. The Kier molecular flexibility index (Phi) is 5.46. The van der Waals surface area contributed by atoms with Gasteiger partial charge in [0.15, 0.2) is 0 Å². The molecule has 3 N–H and O–H groups in total. The van der Waals surface area contributed by atoms with Crippen LogP contribution in [0.3, 0.4) is 0 Å². The van der Waals surface area contributed by atoms with Gasteiger partial charge < -0.3 is 10.8 Å². The summed E-state index contributed by atoms with van der Waals surface area (Å²) in [5.74, 6) is 0. The average molecular weight is 320 g/mol. The van der Waals surface area contributed by atoms with Gasteiger partial charge in [-0.3, -0.25) is 14.8 Å². The number of piperidine rings is 1. The molecule has 0 spiro atoms. The SMILES string of the molecule is CN(CO)C1CCN(C2CC2N=C(/C=C\N)C(F)(F)F)CC1. The molecule has 0 radical (unpaired) electrons. The van der Waals surface area contributed by atoms with Crippen molar-refractivity contribution in [1.29, 1.82) is 0 Å². The van der Waals surface area contributed by atoms with Crippen LogP contribution in [0.25, 0.3) is 0 Å². The van der Waals surface area contributed by atoms with Crippen LogP contribution in [-0.4, -0.2) is 71.8 Å². The summed E-state index contributed by atoms with van der Waals surface area (Å²) in [7, 11) is 1.87. The number of rotatable bonds is 5. The Labute approximate surface area is 128 Å².